The van der Waals surface area contributed by atoms with Crippen molar-refractivity contribution in [2.24, 2.45) is 0 Å². The third kappa shape index (κ3) is 6.38. The van der Waals surface area contributed by atoms with E-state index in [2.05, 4.69) is 174 Å². The number of furan rings is 2. The maximum Gasteiger partial charge on any atom is 0.164 e. The van der Waals surface area contributed by atoms with Gasteiger partial charge in [0.2, 0.25) is 0 Å². The molecule has 0 spiro atoms. The lowest BCUT2D eigenvalue weighted by molar-refractivity contribution is 0.668. The highest BCUT2D eigenvalue weighted by Gasteiger charge is 2.21. The Kier molecular flexibility index (Phi) is 8.79. The fraction of sp³-hybridized carbons (Fsp3) is 0. The number of rotatable bonds is 7. The molecule has 0 saturated carbocycles. The topological polar surface area (TPSA) is 69.9 Å². The average molecular weight is 883 g/mol. The molecule has 4 heterocycles. The second-order valence-corrected chi connectivity index (χ2v) is 17.5. The zero-order valence-electron chi connectivity index (χ0n) is 37.0. The van der Waals surface area contributed by atoms with E-state index in [1.165, 1.54) is 21.8 Å². The fourth-order valence-electron chi connectivity index (χ4n) is 10.3. The van der Waals surface area contributed by atoms with Gasteiger partial charge in [-0.1, -0.05) is 164 Å². The van der Waals surface area contributed by atoms with Gasteiger partial charge in [-0.2, -0.15) is 0 Å². The molecule has 0 fully saturated rings. The molecule has 0 radical (unpaired) electrons. The Balaban J connectivity index is 0.910. The standard InChI is InChI=1S/C63H38N4O2/c1-4-16-39(17-5-1)47-25-14-28-56-59(47)49-33-30-43(38-58(49)69-56)62-64-61(40-18-6-2-7-19-40)65-63(66-62)50-26-15-29-57-60(50)52-37-42(32-35-55(52)68-57)46-23-11-10-22-45(46)41-31-34-54-51(36-41)48-24-12-13-27-53(48)67(54)44-20-8-3-9-21-44/h1-38H. The van der Waals surface area contributed by atoms with Gasteiger partial charge in [0.05, 0.1) is 11.0 Å². The Labute approximate surface area is 396 Å². The van der Waals surface area contributed by atoms with E-state index < -0.39 is 0 Å². The largest absolute Gasteiger partial charge is 0.456 e. The molecule has 322 valence electrons. The van der Waals surface area contributed by atoms with Gasteiger partial charge in [0.15, 0.2) is 17.5 Å². The van der Waals surface area contributed by atoms with Crippen molar-refractivity contribution >= 4 is 65.7 Å². The second kappa shape index (κ2) is 15.6. The Bertz CT molecular complexity index is 4300. The first-order valence-corrected chi connectivity index (χ1v) is 23.2. The summed E-state index contributed by atoms with van der Waals surface area (Å²) >= 11 is 0. The first-order chi connectivity index (χ1) is 34.2. The molecule has 6 nitrogen and oxygen atoms in total. The van der Waals surface area contributed by atoms with Crippen LogP contribution in [-0.4, -0.2) is 19.5 Å². The monoisotopic (exact) mass is 882 g/mol. The first kappa shape index (κ1) is 38.8. The van der Waals surface area contributed by atoms with E-state index >= 15 is 0 Å². The van der Waals surface area contributed by atoms with Crippen LogP contribution in [0.3, 0.4) is 0 Å². The van der Waals surface area contributed by atoms with Crippen molar-refractivity contribution in [1.82, 2.24) is 19.5 Å². The highest BCUT2D eigenvalue weighted by Crippen LogP contribution is 2.43. The predicted octanol–water partition coefficient (Wildman–Crippen LogP) is 16.8. The Morgan fingerprint density at radius 2 is 0.812 bits per heavy atom. The molecule has 6 heteroatoms. The summed E-state index contributed by atoms with van der Waals surface area (Å²) < 4.78 is 15.5. The van der Waals surface area contributed by atoms with Crippen molar-refractivity contribution in [2.45, 2.75) is 0 Å². The van der Waals surface area contributed by atoms with Gasteiger partial charge in [0.25, 0.3) is 0 Å². The number of fused-ring (bicyclic) bond motifs is 9. The van der Waals surface area contributed by atoms with Crippen LogP contribution in [0, 0.1) is 0 Å². The van der Waals surface area contributed by atoms with Crippen molar-refractivity contribution in [1.29, 1.82) is 0 Å². The normalized spacial score (nSPS) is 11.8. The number of aromatic nitrogens is 4. The third-order valence-corrected chi connectivity index (χ3v) is 13.5. The van der Waals surface area contributed by atoms with Crippen LogP contribution >= 0.6 is 0 Å². The number of benzene rings is 10. The van der Waals surface area contributed by atoms with Gasteiger partial charge in [-0.15, -0.1) is 0 Å². The Hall–Kier alpha value is -9.39. The van der Waals surface area contributed by atoms with Crippen LogP contribution in [0.4, 0.5) is 0 Å². The molecule has 10 aromatic carbocycles. The van der Waals surface area contributed by atoms with Crippen LogP contribution in [-0.2, 0) is 0 Å². The highest BCUT2D eigenvalue weighted by atomic mass is 16.3. The highest BCUT2D eigenvalue weighted by molar-refractivity contribution is 6.15. The third-order valence-electron chi connectivity index (χ3n) is 13.5. The van der Waals surface area contributed by atoms with Crippen LogP contribution in [0.15, 0.2) is 239 Å². The Morgan fingerprint density at radius 1 is 0.275 bits per heavy atom. The van der Waals surface area contributed by atoms with Crippen molar-refractivity contribution in [3.05, 3.63) is 231 Å². The smallest absolute Gasteiger partial charge is 0.164 e. The van der Waals surface area contributed by atoms with Crippen LogP contribution in [0.25, 0.3) is 139 Å². The summed E-state index contributed by atoms with van der Waals surface area (Å²) in [5.74, 6) is 1.68. The van der Waals surface area contributed by atoms with Gasteiger partial charge in [0, 0.05) is 54.7 Å². The van der Waals surface area contributed by atoms with Crippen molar-refractivity contribution in [3.63, 3.8) is 0 Å². The summed E-state index contributed by atoms with van der Waals surface area (Å²) in [4.78, 5) is 15.6. The minimum Gasteiger partial charge on any atom is -0.456 e. The van der Waals surface area contributed by atoms with E-state index in [1.54, 1.807) is 0 Å². The average Bonchev–Trinajstić information content (AvgIpc) is 4.10. The van der Waals surface area contributed by atoms with Crippen LogP contribution < -0.4 is 0 Å². The van der Waals surface area contributed by atoms with Gasteiger partial charge in [-0.25, -0.2) is 15.0 Å². The number of hydrogen-bond donors (Lipinski definition) is 0. The lowest BCUT2D eigenvalue weighted by Crippen LogP contribution is -2.00. The minimum absolute atomic E-state index is 0.549. The molecule has 0 amide bonds. The second-order valence-electron chi connectivity index (χ2n) is 17.5. The van der Waals surface area contributed by atoms with Crippen molar-refractivity contribution < 1.29 is 8.83 Å². The molecule has 14 rings (SSSR count). The van der Waals surface area contributed by atoms with E-state index in [-0.39, 0.29) is 0 Å². The van der Waals surface area contributed by atoms with Crippen LogP contribution in [0.5, 0.6) is 0 Å². The molecule has 0 aliphatic carbocycles. The quantitative estimate of drug-likeness (QED) is 0.159. The van der Waals surface area contributed by atoms with E-state index in [4.69, 9.17) is 23.8 Å². The zero-order valence-corrected chi connectivity index (χ0v) is 37.0. The van der Waals surface area contributed by atoms with Crippen LogP contribution in [0.1, 0.15) is 0 Å². The zero-order chi connectivity index (χ0) is 45.4. The van der Waals surface area contributed by atoms with E-state index in [0.717, 1.165) is 99.6 Å². The summed E-state index contributed by atoms with van der Waals surface area (Å²) in [5.41, 5.74) is 16.0. The van der Waals surface area contributed by atoms with Gasteiger partial charge < -0.3 is 13.4 Å². The molecule has 4 aromatic heterocycles. The molecule has 14 aromatic rings. The van der Waals surface area contributed by atoms with Crippen molar-refractivity contribution in [2.75, 3.05) is 0 Å². The summed E-state index contributed by atoms with van der Waals surface area (Å²) in [7, 11) is 0. The predicted molar refractivity (Wildman–Crippen MR) is 281 cm³/mol. The number of nitrogens with zero attached hydrogens (tertiary/aromatic N) is 4. The van der Waals surface area contributed by atoms with Crippen molar-refractivity contribution in [3.8, 4) is 73.2 Å². The molecule has 69 heavy (non-hydrogen) atoms. The maximum absolute atomic E-state index is 6.61. The van der Waals surface area contributed by atoms with Gasteiger partial charge >= 0.3 is 0 Å². The fourth-order valence-corrected chi connectivity index (χ4v) is 10.3. The molecule has 0 N–H and O–H groups in total. The van der Waals surface area contributed by atoms with E-state index in [1.807, 2.05) is 60.7 Å². The van der Waals surface area contributed by atoms with E-state index in [0.29, 0.717) is 17.5 Å². The molecular formula is C63H38N4O2. The van der Waals surface area contributed by atoms with Gasteiger partial charge in [-0.05, 0) is 100 Å². The summed E-state index contributed by atoms with van der Waals surface area (Å²) in [5, 5.41) is 6.48. The molecule has 0 aliphatic rings. The van der Waals surface area contributed by atoms with Gasteiger partial charge in [-0.3, -0.25) is 0 Å². The molecule has 0 bridgehead atoms. The lowest BCUT2D eigenvalue weighted by atomic mass is 9.92. The first-order valence-electron chi connectivity index (χ1n) is 23.2. The molecule has 0 saturated heterocycles. The molecule has 0 atom stereocenters. The maximum atomic E-state index is 6.61. The molecular weight excluding hydrogens is 845 g/mol. The summed E-state index contributed by atoms with van der Waals surface area (Å²) in [6, 6.07) is 80.4. The lowest BCUT2D eigenvalue weighted by Gasteiger charge is -2.12. The van der Waals surface area contributed by atoms with Crippen LogP contribution in [0.2, 0.25) is 0 Å². The van der Waals surface area contributed by atoms with E-state index in [9.17, 15) is 0 Å². The minimum atomic E-state index is 0.549. The SMILES string of the molecule is c1ccc(-c2nc(-c3ccc4c(c3)oc3cccc(-c5ccccc5)c34)nc(-c3cccc4oc5ccc(-c6ccccc6-c6ccc7c(c6)c6ccccc6n7-c6ccccc6)cc5c34)n2)cc1. The molecule has 0 unspecified atom stereocenters. The molecule has 0 aliphatic heterocycles. The Morgan fingerprint density at radius 3 is 1.57 bits per heavy atom. The number of hydrogen-bond acceptors (Lipinski definition) is 5. The summed E-state index contributed by atoms with van der Waals surface area (Å²) in [6.07, 6.45) is 0. The van der Waals surface area contributed by atoms with Gasteiger partial charge in [0.1, 0.15) is 22.3 Å². The summed E-state index contributed by atoms with van der Waals surface area (Å²) in [6.45, 7) is 0. The number of para-hydroxylation sites is 2.